The largest absolute Gasteiger partial charge is 0.486 e. The molecule has 35 heavy (non-hydrogen) atoms. The highest BCUT2D eigenvalue weighted by atomic mass is 16.6. The summed E-state index contributed by atoms with van der Waals surface area (Å²) in [5, 5.41) is 5.75. The van der Waals surface area contributed by atoms with E-state index in [1.807, 2.05) is 49.5 Å². The summed E-state index contributed by atoms with van der Waals surface area (Å²) >= 11 is 0. The molecule has 3 aliphatic rings. The van der Waals surface area contributed by atoms with Crippen molar-refractivity contribution in [1.82, 2.24) is 25.6 Å². The molecule has 11 heteroatoms. The molecule has 0 aliphatic carbocycles. The summed E-state index contributed by atoms with van der Waals surface area (Å²) in [4.78, 5) is 16.8. The normalized spacial score (nSPS) is 18.0. The smallest absolute Gasteiger partial charge is 0.351 e. The van der Waals surface area contributed by atoms with Gasteiger partial charge in [-0.25, -0.2) is 10.3 Å². The topological polar surface area (TPSA) is 111 Å². The molecule has 180 valence electrons. The van der Waals surface area contributed by atoms with Gasteiger partial charge in [0.1, 0.15) is 25.6 Å². The Morgan fingerprint density at radius 1 is 1.14 bits per heavy atom. The summed E-state index contributed by atoms with van der Waals surface area (Å²) in [6, 6.07) is 15.2. The first-order chi connectivity index (χ1) is 17.1. The van der Waals surface area contributed by atoms with E-state index in [0.29, 0.717) is 43.5 Å². The molecule has 0 amide bonds. The Morgan fingerprint density at radius 3 is 2.89 bits per heavy atom. The molecule has 3 aliphatic heterocycles. The maximum absolute atomic E-state index is 12.7. The zero-order valence-corrected chi connectivity index (χ0v) is 19.1. The summed E-state index contributed by atoms with van der Waals surface area (Å²) < 4.78 is 25.1. The Morgan fingerprint density at radius 2 is 2.03 bits per heavy atom. The number of aromatic nitrogens is 2. The first-order valence-electron chi connectivity index (χ1n) is 11.3. The van der Waals surface area contributed by atoms with E-state index in [1.165, 1.54) is 0 Å². The van der Waals surface area contributed by atoms with Gasteiger partial charge in [0.25, 0.3) is 0 Å². The van der Waals surface area contributed by atoms with E-state index >= 15 is 0 Å². The summed E-state index contributed by atoms with van der Waals surface area (Å²) in [6.07, 6.45) is 0.406. The molecule has 2 N–H and O–H groups in total. The number of ether oxygens (including phenoxy) is 4. The Balaban J connectivity index is 1.17. The van der Waals surface area contributed by atoms with Crippen molar-refractivity contribution in [1.29, 1.82) is 0 Å². The van der Waals surface area contributed by atoms with Crippen LogP contribution in [0.1, 0.15) is 5.56 Å². The van der Waals surface area contributed by atoms with Crippen molar-refractivity contribution < 1.29 is 18.9 Å². The molecule has 0 fully saturated rings. The van der Waals surface area contributed by atoms with Crippen LogP contribution in [-0.4, -0.2) is 53.5 Å². The lowest BCUT2D eigenvalue weighted by molar-refractivity contribution is 0.0520. The van der Waals surface area contributed by atoms with E-state index in [9.17, 15) is 4.79 Å². The number of amidine groups is 1. The fraction of sp³-hybridized carbons (Fsp3) is 0.292. The van der Waals surface area contributed by atoms with Crippen molar-refractivity contribution in [3.63, 3.8) is 0 Å². The molecule has 1 atom stereocenters. The van der Waals surface area contributed by atoms with Crippen LogP contribution in [0, 0.1) is 0 Å². The number of benzene rings is 2. The van der Waals surface area contributed by atoms with Crippen LogP contribution < -0.4 is 35.6 Å². The maximum Gasteiger partial charge on any atom is 0.351 e. The number of fused-ring (bicyclic) bond motifs is 4. The van der Waals surface area contributed by atoms with Crippen LogP contribution in [-0.2, 0) is 13.0 Å². The second-order valence-electron chi connectivity index (χ2n) is 8.41. The highest BCUT2D eigenvalue weighted by Gasteiger charge is 2.23. The Hall–Kier alpha value is -4.25. The second-order valence-corrected chi connectivity index (χ2v) is 8.41. The molecule has 0 bridgehead atoms. The average molecular weight is 476 g/mol. The summed E-state index contributed by atoms with van der Waals surface area (Å²) in [5.74, 6) is 3.07. The number of aryl methyl sites for hydroxylation is 1. The lowest BCUT2D eigenvalue weighted by Gasteiger charge is -2.26. The number of hydrazone groups is 1. The highest BCUT2D eigenvalue weighted by molar-refractivity contribution is 5.83. The Kier molecular flexibility index (Phi) is 5.38. The van der Waals surface area contributed by atoms with Crippen LogP contribution in [0.5, 0.6) is 23.1 Å². The quantitative estimate of drug-likeness (QED) is 0.544. The fourth-order valence-corrected chi connectivity index (χ4v) is 4.27. The predicted molar refractivity (Wildman–Crippen MR) is 126 cm³/mol. The molecule has 11 nitrogen and oxygen atoms in total. The third kappa shape index (κ3) is 4.33. The minimum atomic E-state index is -0.337. The first-order valence-corrected chi connectivity index (χ1v) is 11.3. The monoisotopic (exact) mass is 476 g/mol. The Bertz CT molecular complexity index is 1360. The van der Waals surface area contributed by atoms with Crippen molar-refractivity contribution in [2.24, 2.45) is 5.10 Å². The van der Waals surface area contributed by atoms with Crippen LogP contribution in [0.2, 0.25) is 0 Å². The Labute approximate surface area is 200 Å². The predicted octanol–water partition coefficient (Wildman–Crippen LogP) is 1.33. The average Bonchev–Trinajstić information content (AvgIpc) is 3.30. The van der Waals surface area contributed by atoms with E-state index in [0.717, 1.165) is 22.6 Å². The molecule has 0 saturated carbocycles. The van der Waals surface area contributed by atoms with Gasteiger partial charge in [-0.05, 0) is 42.3 Å². The highest BCUT2D eigenvalue weighted by Crippen LogP contribution is 2.33. The van der Waals surface area contributed by atoms with Crippen molar-refractivity contribution in [3.05, 3.63) is 64.6 Å². The van der Waals surface area contributed by atoms with Gasteiger partial charge in [-0.15, -0.1) is 10.2 Å². The van der Waals surface area contributed by atoms with Crippen LogP contribution in [0.4, 0.5) is 0 Å². The number of hydrazine groups is 2. The molecule has 2 aromatic carbocycles. The van der Waals surface area contributed by atoms with E-state index in [2.05, 4.69) is 21.0 Å². The minimum absolute atomic E-state index is 0.214. The van der Waals surface area contributed by atoms with Gasteiger partial charge in [-0.3, -0.25) is 9.99 Å². The molecule has 1 aromatic heterocycles. The van der Waals surface area contributed by atoms with Crippen LogP contribution in [0.25, 0.3) is 11.3 Å². The molecule has 6 rings (SSSR count). The van der Waals surface area contributed by atoms with E-state index < -0.39 is 0 Å². The van der Waals surface area contributed by atoms with Crippen molar-refractivity contribution in [2.45, 2.75) is 19.1 Å². The molecule has 0 spiro atoms. The maximum atomic E-state index is 12.7. The van der Waals surface area contributed by atoms with E-state index in [4.69, 9.17) is 18.9 Å². The molecule has 4 heterocycles. The number of hydrogen-bond acceptors (Lipinski definition) is 10. The molecule has 0 radical (unpaired) electrons. The SMILES string of the molecule is CN1NN=C(COc2ccc3c(c2)CCn2c-3cc(OCC3COc4ccccc4O3)nc2=O)N1. The number of para-hydroxylation sites is 2. The minimum Gasteiger partial charge on any atom is -0.486 e. The van der Waals surface area contributed by atoms with Gasteiger partial charge in [0.2, 0.25) is 5.88 Å². The third-order valence-corrected chi connectivity index (χ3v) is 5.94. The standard InChI is InChI=1S/C24H24N6O5/c1-29-27-22(26-28-29)14-32-16-6-7-18-15(10-16)8-9-30-19(18)11-23(25-24(30)31)34-13-17-12-33-20-4-2-3-5-21(20)35-17/h2-7,10-11,17,28H,8-9,12-14H2,1H3,(H,26,27). The number of hydrogen-bond donors (Lipinski definition) is 2. The number of nitrogens with zero attached hydrogens (tertiary/aromatic N) is 4. The van der Waals surface area contributed by atoms with Gasteiger partial charge < -0.3 is 18.9 Å². The zero-order chi connectivity index (χ0) is 23.8. The number of rotatable bonds is 6. The van der Waals surface area contributed by atoms with Gasteiger partial charge in [0.15, 0.2) is 23.4 Å². The molecule has 1 unspecified atom stereocenters. The summed E-state index contributed by atoms with van der Waals surface area (Å²) in [5.41, 5.74) is 8.28. The zero-order valence-electron chi connectivity index (χ0n) is 19.1. The molecular formula is C24H24N6O5. The van der Waals surface area contributed by atoms with Crippen molar-refractivity contribution >= 4 is 5.84 Å². The fourth-order valence-electron chi connectivity index (χ4n) is 4.27. The van der Waals surface area contributed by atoms with Crippen LogP contribution in [0.3, 0.4) is 0 Å². The molecule has 0 saturated heterocycles. The van der Waals surface area contributed by atoms with Crippen molar-refractivity contribution in [3.8, 4) is 34.4 Å². The summed E-state index contributed by atoms with van der Waals surface area (Å²) in [7, 11) is 1.82. The molecular weight excluding hydrogens is 452 g/mol. The van der Waals surface area contributed by atoms with Gasteiger partial charge >= 0.3 is 5.69 Å². The van der Waals surface area contributed by atoms with Crippen LogP contribution in [0.15, 0.2) is 58.4 Å². The lowest BCUT2D eigenvalue weighted by atomic mass is 9.97. The third-order valence-electron chi connectivity index (χ3n) is 5.94. The van der Waals surface area contributed by atoms with Gasteiger partial charge in [0.05, 0.1) is 5.69 Å². The van der Waals surface area contributed by atoms with Gasteiger partial charge in [0, 0.05) is 25.2 Å². The van der Waals surface area contributed by atoms with Gasteiger partial charge in [-0.1, -0.05) is 12.1 Å². The van der Waals surface area contributed by atoms with Gasteiger partial charge in [-0.2, -0.15) is 4.98 Å². The van der Waals surface area contributed by atoms with E-state index in [1.54, 1.807) is 15.8 Å². The second kappa shape index (κ2) is 8.84. The van der Waals surface area contributed by atoms with Crippen LogP contribution >= 0.6 is 0 Å². The first kappa shape index (κ1) is 21.3. The van der Waals surface area contributed by atoms with E-state index in [-0.39, 0.29) is 24.3 Å². The summed E-state index contributed by atoms with van der Waals surface area (Å²) in [6.45, 7) is 1.43. The lowest BCUT2D eigenvalue weighted by Crippen LogP contribution is -2.39. The molecule has 3 aromatic rings. The number of nitrogens with one attached hydrogen (secondary N) is 2. The van der Waals surface area contributed by atoms with Crippen molar-refractivity contribution in [2.75, 3.05) is 26.9 Å².